The normalized spacial score (nSPS) is 10.1. The molecule has 0 atom stereocenters. The van der Waals surface area contributed by atoms with E-state index in [1.807, 2.05) is 42.5 Å². The molecule has 530 valence electrons. The van der Waals surface area contributed by atoms with Gasteiger partial charge < -0.3 is 55.7 Å². The summed E-state index contributed by atoms with van der Waals surface area (Å²) in [6, 6.07) is 20.3. The molecule has 0 radical (unpaired) electrons. The van der Waals surface area contributed by atoms with Gasteiger partial charge in [-0.15, -0.1) is 0 Å². The van der Waals surface area contributed by atoms with Gasteiger partial charge in [0.2, 0.25) is 15.9 Å². The predicted molar refractivity (Wildman–Crippen MR) is 402 cm³/mol. The number of ether oxygens (including phenoxy) is 6. The van der Waals surface area contributed by atoms with E-state index in [9.17, 15) is 9.59 Å². The van der Waals surface area contributed by atoms with E-state index in [4.69, 9.17) is 115 Å². The van der Waals surface area contributed by atoms with Gasteiger partial charge in [0.25, 0.3) is 0 Å². The standard InChI is InChI=1S/C15H10Cl3N3O2.C15H12ClN3O2.C8H11BO4.C7H3BrClN3.C7H4BrN3O.C6H5BrN2O.CH4N2O.CH4.Cl2O2S/c1-22-9-4-10(23-2)13(17)11(12(9)16)7-3-8-6-20-15(18)21-14(8)19-5-7;1-20-12-4-9(5-13(6-12)21-2)10-3-11-8-18-15(16)19-14(11)17-7-10;1-12-7-3-6(9(10)11)4-8(5-7)13-2;8-5-1-4-2-11-7(9)12-6(4)10-3-5;8-5-1-4-2-10-7(12)11-6(4)9-3-5;7-5-1-4(3-10)6(8)9-2-5;2-1(3)4;;1-5(2,3)4/h3-6H,1-2H3;3-8H,1-2H3;3-5,10-11H,1-2H3;1-3H;1-3H,(H,9,10,11,12);1-3H,(H2,8,9);(H4,2,3,4);1H4;. The maximum Gasteiger partial charge on any atom is 0.488 e. The Kier molecular flexibility index (Phi) is 34.8. The first-order valence-corrected chi connectivity index (χ1v) is 34.3. The van der Waals surface area contributed by atoms with Crippen LogP contribution in [0, 0.1) is 0 Å². The minimum absolute atomic E-state index is 0. The number of nitrogen functional groups attached to an aromatic ring is 1. The number of H-pyrrole nitrogens is 1. The lowest BCUT2D eigenvalue weighted by Crippen LogP contribution is -2.29. The Balaban J connectivity index is 0.000000256. The number of pyridine rings is 5. The summed E-state index contributed by atoms with van der Waals surface area (Å²) in [5, 5.41) is 22.3. The highest BCUT2D eigenvalue weighted by molar-refractivity contribution is 9.11. The molecule has 12 rings (SSSR count). The van der Waals surface area contributed by atoms with Crippen LogP contribution in [0.25, 0.3) is 66.4 Å². The quantitative estimate of drug-likeness (QED) is 0.0320. The van der Waals surface area contributed by atoms with E-state index in [0.29, 0.717) is 89.5 Å². The van der Waals surface area contributed by atoms with Gasteiger partial charge >= 0.3 is 27.1 Å². The van der Waals surface area contributed by atoms with Crippen LogP contribution in [-0.2, 0) is 8.26 Å². The lowest BCUT2D eigenvalue weighted by molar-refractivity contribution is 0.112. The summed E-state index contributed by atoms with van der Waals surface area (Å²) in [4.78, 5) is 80.3. The van der Waals surface area contributed by atoms with E-state index in [0.717, 1.165) is 52.2 Å². The molecule has 9 aromatic heterocycles. The van der Waals surface area contributed by atoms with E-state index >= 15 is 0 Å². The third-order valence-electron chi connectivity index (χ3n) is 11.9. The number of carbonyl (C=O) groups excluding carboxylic acids is 2. The van der Waals surface area contributed by atoms with Crippen LogP contribution in [0.4, 0.5) is 10.6 Å². The number of aromatic nitrogens is 13. The average molecular weight is 1740 g/mol. The van der Waals surface area contributed by atoms with E-state index in [1.165, 1.54) is 46.8 Å². The van der Waals surface area contributed by atoms with Gasteiger partial charge in [-0.1, -0.05) is 30.6 Å². The van der Waals surface area contributed by atoms with Crippen molar-refractivity contribution in [3.63, 3.8) is 0 Å². The molecule has 9 N–H and O–H groups in total. The molecule has 0 saturated carbocycles. The fourth-order valence-electron chi connectivity index (χ4n) is 7.54. The largest absolute Gasteiger partial charge is 0.497 e. The second-order valence-electron chi connectivity index (χ2n) is 18.5. The van der Waals surface area contributed by atoms with Gasteiger partial charge in [-0.2, -0.15) is 23.4 Å². The highest BCUT2D eigenvalue weighted by atomic mass is 79.9. The van der Waals surface area contributed by atoms with Crippen molar-refractivity contribution >= 4 is 210 Å². The van der Waals surface area contributed by atoms with Crippen molar-refractivity contribution in [2.45, 2.75) is 7.43 Å². The minimum Gasteiger partial charge on any atom is -0.497 e. The van der Waals surface area contributed by atoms with Crippen molar-refractivity contribution in [2.75, 3.05) is 48.4 Å². The zero-order valence-corrected chi connectivity index (χ0v) is 62.8. The number of aromatic amines is 1. The van der Waals surface area contributed by atoms with Crippen LogP contribution >= 0.6 is 127 Å². The van der Waals surface area contributed by atoms with Gasteiger partial charge in [0.15, 0.2) is 23.2 Å². The van der Waals surface area contributed by atoms with Crippen LogP contribution in [0.15, 0.2) is 147 Å². The number of fused-ring (bicyclic) bond motifs is 4. The molecule has 0 aliphatic carbocycles. The Bertz CT molecular complexity index is 4900. The van der Waals surface area contributed by atoms with Crippen molar-refractivity contribution in [1.29, 1.82) is 0 Å². The number of urea groups is 1. The summed E-state index contributed by atoms with van der Waals surface area (Å²) >= 11 is 39.7. The first-order valence-electron chi connectivity index (χ1n) is 26.9. The molecular formula is C60H53BBr3Cl7N16O13S. The molecule has 0 spiro atoms. The van der Waals surface area contributed by atoms with Gasteiger partial charge in [-0.05, 0) is 148 Å². The van der Waals surface area contributed by atoms with Crippen LogP contribution in [0.5, 0.6) is 34.5 Å². The van der Waals surface area contributed by atoms with Crippen LogP contribution in [0.3, 0.4) is 0 Å². The Morgan fingerprint density at radius 2 is 0.881 bits per heavy atom. The van der Waals surface area contributed by atoms with Gasteiger partial charge in [-0.3, -0.25) is 9.78 Å². The number of hydrogen-bond acceptors (Lipinski definition) is 26. The van der Waals surface area contributed by atoms with E-state index in [1.54, 1.807) is 82.0 Å². The summed E-state index contributed by atoms with van der Waals surface area (Å²) in [5.41, 5.74) is 19.5. The number of primary amides is 2. The number of aldehydes is 1. The third kappa shape index (κ3) is 27.8. The predicted octanol–water partition coefficient (Wildman–Crippen LogP) is 12.5. The van der Waals surface area contributed by atoms with Crippen molar-refractivity contribution in [3.8, 4) is 56.8 Å². The number of rotatable bonds is 10. The minimum atomic E-state index is -3.72. The van der Waals surface area contributed by atoms with Crippen molar-refractivity contribution in [3.05, 3.63) is 184 Å². The molecule has 0 fully saturated rings. The lowest BCUT2D eigenvalue weighted by atomic mass is 9.80. The number of amides is 2. The monoisotopic (exact) mass is 1730 g/mol. The van der Waals surface area contributed by atoms with E-state index in [2.05, 4.69) is 145 Å². The van der Waals surface area contributed by atoms with Crippen molar-refractivity contribution in [1.82, 2.24) is 64.8 Å². The van der Waals surface area contributed by atoms with Gasteiger partial charge in [-0.25, -0.2) is 54.4 Å². The number of halogens is 10. The number of nitrogens with zero attached hydrogens (tertiary/aromatic N) is 12. The molecule has 101 heavy (non-hydrogen) atoms. The van der Waals surface area contributed by atoms with Crippen LogP contribution < -0.4 is 56.8 Å². The number of anilines is 1. The highest BCUT2D eigenvalue weighted by Gasteiger charge is 2.20. The number of carbonyl (C=O) groups is 2. The Labute approximate surface area is 634 Å². The van der Waals surface area contributed by atoms with Gasteiger partial charge in [0.1, 0.15) is 46.0 Å². The second-order valence-corrected chi connectivity index (χ2v) is 26.7. The molecule has 0 aliphatic rings. The SMILES string of the molecule is C.COc1cc(OC)c(Cl)c(-c2cnc3nc(Cl)ncc3c2)c1Cl.COc1cc(OC)cc(-c2cnc3nc(Cl)ncc3c2)c1.COc1cc(OC)cc(B(O)O)c1.Clc1ncc2cc(Br)cnc2n1.NC(N)=O.Nc1ncc(Br)cc1C=O.O=S(=O)(Cl)Cl.O=c1ncc2cc(Br)cnc2[nH]1. The Morgan fingerprint density at radius 3 is 1.31 bits per heavy atom. The number of benzene rings is 3. The summed E-state index contributed by atoms with van der Waals surface area (Å²) in [5.74, 6) is 3.67. The zero-order chi connectivity index (χ0) is 74.0. The molecule has 12 aromatic rings. The van der Waals surface area contributed by atoms with Crippen molar-refractivity contribution < 1.29 is 56.5 Å². The first-order chi connectivity index (χ1) is 47.4. The molecule has 29 nitrogen and oxygen atoms in total. The zero-order valence-electron chi connectivity index (χ0n) is 52.0. The molecular weight excluding hydrogens is 1680 g/mol. The average Bonchev–Trinajstić information content (AvgIpc) is 0.783. The lowest BCUT2D eigenvalue weighted by Gasteiger charge is -2.14. The first kappa shape index (κ1) is 84.9. The van der Waals surface area contributed by atoms with Crippen LogP contribution in [-0.4, -0.2) is 145 Å². The summed E-state index contributed by atoms with van der Waals surface area (Å²) < 4.78 is 51.8. The summed E-state index contributed by atoms with van der Waals surface area (Å²) in [6.07, 6.45) is 15.2. The van der Waals surface area contributed by atoms with Crippen LogP contribution in [0.2, 0.25) is 25.9 Å². The Hall–Kier alpha value is -8.49. The molecule has 3 aromatic carbocycles. The van der Waals surface area contributed by atoms with E-state index in [-0.39, 0.29) is 34.8 Å². The summed E-state index contributed by atoms with van der Waals surface area (Å²) in [7, 11) is 12.6. The smallest absolute Gasteiger partial charge is 0.488 e. The third-order valence-corrected chi connectivity index (χ3v) is 14.5. The molecule has 0 aliphatic heterocycles. The maximum atomic E-state index is 10.7. The van der Waals surface area contributed by atoms with Gasteiger partial charge in [0.05, 0.1) is 58.3 Å². The second kappa shape index (κ2) is 41.4. The maximum absolute atomic E-state index is 10.7. The summed E-state index contributed by atoms with van der Waals surface area (Å²) in [6.45, 7) is 0. The molecule has 0 saturated heterocycles. The highest BCUT2D eigenvalue weighted by Crippen LogP contribution is 2.46. The number of nitrogens with one attached hydrogen (secondary N) is 1. The topological polar surface area (TPSA) is 430 Å². The van der Waals surface area contributed by atoms with E-state index < -0.39 is 21.4 Å². The molecule has 0 unspecified atom stereocenters. The molecule has 2 amide bonds. The molecule has 41 heteroatoms. The number of nitrogens with two attached hydrogens (primary N) is 3. The number of hydrogen-bond donors (Lipinski definition) is 6. The fraction of sp³-hybridized carbons (Fsp3) is 0.117. The fourth-order valence-corrected chi connectivity index (χ4v) is 9.70. The van der Waals surface area contributed by atoms with Gasteiger partial charge in [0, 0.05) is 147 Å². The Morgan fingerprint density at radius 1 is 0.505 bits per heavy atom. The van der Waals surface area contributed by atoms with Crippen molar-refractivity contribution in [2.24, 2.45) is 11.5 Å². The molecule has 9 heterocycles. The van der Waals surface area contributed by atoms with Crippen LogP contribution in [0.1, 0.15) is 17.8 Å². The number of methoxy groups -OCH3 is 6. The molecule has 0 bridgehead atoms.